The summed E-state index contributed by atoms with van der Waals surface area (Å²) in [6.45, 7) is 3.99. The maximum absolute atomic E-state index is 11.7. The zero-order chi connectivity index (χ0) is 9.85. The Bertz CT molecular complexity index is 295. The second-order valence-electron chi connectivity index (χ2n) is 4.76. The van der Waals surface area contributed by atoms with Crippen LogP contribution in [0.2, 0.25) is 0 Å². The van der Waals surface area contributed by atoms with E-state index in [-0.39, 0.29) is 11.2 Å². The smallest absolute Gasteiger partial charge is 0.235 e. The summed E-state index contributed by atoms with van der Waals surface area (Å²) in [5, 5.41) is -0.442. The number of halogens is 1. The third-order valence-electron chi connectivity index (χ3n) is 4.23. The van der Waals surface area contributed by atoms with Crippen molar-refractivity contribution in [3.63, 3.8) is 0 Å². The van der Waals surface area contributed by atoms with Gasteiger partial charge in [0.2, 0.25) is 5.24 Å². The molecule has 2 rings (SSSR count). The molecular weight excluding hydrogens is 188 g/mol. The summed E-state index contributed by atoms with van der Waals surface area (Å²) in [7, 11) is 0. The first kappa shape index (κ1) is 9.20. The maximum atomic E-state index is 11.7. The first-order chi connectivity index (χ1) is 5.93. The van der Waals surface area contributed by atoms with Gasteiger partial charge in [-0.3, -0.25) is 9.59 Å². The highest BCUT2D eigenvalue weighted by molar-refractivity contribution is 6.66. The molecule has 0 heterocycles. The van der Waals surface area contributed by atoms with Gasteiger partial charge in [-0.25, -0.2) is 0 Å². The first-order valence-corrected chi connectivity index (χ1v) is 5.04. The molecule has 2 aliphatic carbocycles. The quantitative estimate of drug-likeness (QED) is 0.480. The first-order valence-electron chi connectivity index (χ1n) is 4.66. The lowest BCUT2D eigenvalue weighted by Gasteiger charge is -2.32. The molecule has 0 N–H and O–H groups in total. The molecule has 0 saturated heterocycles. The SMILES string of the molecule is CC1(C)[C@@H]2CC[C@@]1(C(=O)Cl)C(=O)C2. The van der Waals surface area contributed by atoms with Gasteiger partial charge in [-0.1, -0.05) is 13.8 Å². The van der Waals surface area contributed by atoms with Crippen LogP contribution in [0.5, 0.6) is 0 Å². The molecule has 2 saturated carbocycles. The molecule has 3 heteroatoms. The van der Waals surface area contributed by atoms with E-state index in [0.717, 1.165) is 6.42 Å². The lowest BCUT2D eigenvalue weighted by molar-refractivity contribution is -0.138. The zero-order valence-corrected chi connectivity index (χ0v) is 8.65. The van der Waals surface area contributed by atoms with Crippen LogP contribution in [-0.2, 0) is 9.59 Å². The van der Waals surface area contributed by atoms with Gasteiger partial charge < -0.3 is 0 Å². The number of rotatable bonds is 1. The van der Waals surface area contributed by atoms with Crippen molar-refractivity contribution in [3.8, 4) is 0 Å². The fraction of sp³-hybridized carbons (Fsp3) is 0.800. The lowest BCUT2D eigenvalue weighted by atomic mass is 9.70. The van der Waals surface area contributed by atoms with Gasteiger partial charge in [-0.15, -0.1) is 0 Å². The standard InChI is InChI=1S/C10H13ClO2/c1-9(2)6-3-4-10(9,8(11)13)7(12)5-6/h6H,3-5H2,1-2H3/t6-,10+/m1/s1. The molecule has 0 radical (unpaired) electrons. The molecule has 2 fully saturated rings. The zero-order valence-electron chi connectivity index (χ0n) is 7.89. The number of fused-ring (bicyclic) bond motifs is 2. The molecule has 72 valence electrons. The van der Waals surface area contributed by atoms with Gasteiger partial charge in [0, 0.05) is 6.42 Å². The summed E-state index contributed by atoms with van der Waals surface area (Å²) in [5.41, 5.74) is -1.07. The van der Waals surface area contributed by atoms with E-state index < -0.39 is 10.7 Å². The number of Topliss-reactive ketones (excluding diaryl/α,β-unsaturated/α-hetero) is 1. The van der Waals surface area contributed by atoms with Crippen LogP contribution >= 0.6 is 11.6 Å². The van der Waals surface area contributed by atoms with Gasteiger partial charge in [-0.2, -0.15) is 0 Å². The molecule has 13 heavy (non-hydrogen) atoms. The molecule has 0 aromatic rings. The van der Waals surface area contributed by atoms with Gasteiger partial charge in [-0.05, 0) is 35.8 Å². The van der Waals surface area contributed by atoms with E-state index in [0.29, 0.717) is 18.8 Å². The number of hydrogen-bond acceptors (Lipinski definition) is 2. The predicted molar refractivity (Wildman–Crippen MR) is 49.4 cm³/mol. The van der Waals surface area contributed by atoms with Crippen molar-refractivity contribution in [1.82, 2.24) is 0 Å². The second-order valence-corrected chi connectivity index (χ2v) is 5.11. The van der Waals surface area contributed by atoms with E-state index in [4.69, 9.17) is 11.6 Å². The summed E-state index contributed by atoms with van der Waals surface area (Å²) in [6, 6.07) is 0. The highest BCUT2D eigenvalue weighted by Crippen LogP contribution is 2.64. The second kappa shape index (κ2) is 2.35. The Hall–Kier alpha value is -0.370. The monoisotopic (exact) mass is 200 g/mol. The van der Waals surface area contributed by atoms with Crippen molar-refractivity contribution in [2.45, 2.75) is 33.1 Å². The van der Waals surface area contributed by atoms with Crippen LogP contribution < -0.4 is 0 Å². The molecule has 2 nitrogen and oxygen atoms in total. The molecule has 0 aromatic heterocycles. The molecule has 0 amide bonds. The average Bonchev–Trinajstić information content (AvgIpc) is 2.35. The van der Waals surface area contributed by atoms with Gasteiger partial charge in [0.1, 0.15) is 11.2 Å². The van der Waals surface area contributed by atoms with E-state index >= 15 is 0 Å². The Morgan fingerprint density at radius 1 is 1.54 bits per heavy atom. The fourth-order valence-corrected chi connectivity index (χ4v) is 3.58. The number of carbonyl (C=O) groups excluding carboxylic acids is 2. The van der Waals surface area contributed by atoms with Crippen molar-refractivity contribution < 1.29 is 9.59 Å². The molecule has 2 bridgehead atoms. The van der Waals surface area contributed by atoms with Crippen LogP contribution in [-0.4, -0.2) is 11.0 Å². The number of hydrogen-bond donors (Lipinski definition) is 0. The third kappa shape index (κ3) is 0.804. The van der Waals surface area contributed by atoms with Gasteiger partial charge in [0.25, 0.3) is 0 Å². The van der Waals surface area contributed by atoms with Crippen molar-refractivity contribution in [2.75, 3.05) is 0 Å². The van der Waals surface area contributed by atoms with Gasteiger partial charge in [0.15, 0.2) is 0 Å². The van der Waals surface area contributed by atoms with Crippen LogP contribution in [0.1, 0.15) is 33.1 Å². The van der Waals surface area contributed by atoms with Crippen molar-refractivity contribution in [2.24, 2.45) is 16.7 Å². The Labute approximate surface area is 82.6 Å². The summed E-state index contributed by atoms with van der Waals surface area (Å²) < 4.78 is 0. The Morgan fingerprint density at radius 3 is 2.38 bits per heavy atom. The molecule has 2 atom stereocenters. The molecule has 0 aliphatic heterocycles. The Kier molecular flexibility index (Phi) is 1.66. The topological polar surface area (TPSA) is 34.1 Å². The molecule has 0 unspecified atom stereocenters. The predicted octanol–water partition coefficient (Wildman–Crippen LogP) is 2.15. The number of carbonyl (C=O) groups is 2. The van der Waals surface area contributed by atoms with E-state index in [1.807, 2.05) is 13.8 Å². The molecule has 2 aliphatic rings. The van der Waals surface area contributed by atoms with Crippen LogP contribution in [0.3, 0.4) is 0 Å². The van der Waals surface area contributed by atoms with Gasteiger partial charge >= 0.3 is 0 Å². The van der Waals surface area contributed by atoms with Crippen molar-refractivity contribution >= 4 is 22.6 Å². The van der Waals surface area contributed by atoms with Crippen molar-refractivity contribution in [3.05, 3.63) is 0 Å². The van der Waals surface area contributed by atoms with E-state index in [2.05, 4.69) is 0 Å². The van der Waals surface area contributed by atoms with E-state index in [1.54, 1.807) is 0 Å². The van der Waals surface area contributed by atoms with Crippen LogP contribution in [0.4, 0.5) is 0 Å². The highest BCUT2D eigenvalue weighted by atomic mass is 35.5. The van der Waals surface area contributed by atoms with E-state index in [9.17, 15) is 9.59 Å². The highest BCUT2D eigenvalue weighted by Gasteiger charge is 2.67. The van der Waals surface area contributed by atoms with Crippen LogP contribution in [0.15, 0.2) is 0 Å². The molecule has 0 spiro atoms. The molecular formula is C10H13ClO2. The number of ketones is 1. The Balaban J connectivity index is 2.55. The van der Waals surface area contributed by atoms with Crippen LogP contribution in [0, 0.1) is 16.7 Å². The largest absolute Gasteiger partial charge is 0.298 e. The normalized spacial score (nSPS) is 41.2. The summed E-state index contributed by atoms with van der Waals surface area (Å²) in [5.74, 6) is 0.427. The maximum Gasteiger partial charge on any atom is 0.235 e. The Morgan fingerprint density at radius 2 is 2.15 bits per heavy atom. The minimum Gasteiger partial charge on any atom is -0.298 e. The summed E-state index contributed by atoms with van der Waals surface area (Å²) in [6.07, 6.45) is 2.18. The molecule has 0 aromatic carbocycles. The summed E-state index contributed by atoms with van der Waals surface area (Å²) in [4.78, 5) is 23.1. The van der Waals surface area contributed by atoms with Gasteiger partial charge in [0.05, 0.1) is 0 Å². The third-order valence-corrected chi connectivity index (χ3v) is 4.55. The minimum absolute atomic E-state index is 0.0637. The van der Waals surface area contributed by atoms with Crippen LogP contribution in [0.25, 0.3) is 0 Å². The lowest BCUT2D eigenvalue weighted by Crippen LogP contribution is -2.41. The van der Waals surface area contributed by atoms with E-state index in [1.165, 1.54) is 0 Å². The van der Waals surface area contributed by atoms with Crippen molar-refractivity contribution in [1.29, 1.82) is 0 Å². The minimum atomic E-state index is -0.848. The fourth-order valence-electron chi connectivity index (χ4n) is 3.14. The summed E-state index contributed by atoms with van der Waals surface area (Å²) >= 11 is 5.59. The average molecular weight is 201 g/mol.